The molecule has 0 amide bonds. The van der Waals surface area contributed by atoms with Crippen LogP contribution in [0.25, 0.3) is 0 Å². The molecule has 0 radical (unpaired) electrons. The van der Waals surface area contributed by atoms with Crippen molar-refractivity contribution in [3.05, 3.63) is 54.3 Å². The maximum absolute atomic E-state index is 11.7. The van der Waals surface area contributed by atoms with Crippen molar-refractivity contribution in [2.75, 3.05) is 12.0 Å². The average Bonchev–Trinajstić information content (AvgIpc) is 2.81. The Morgan fingerprint density at radius 1 is 1.37 bits per heavy atom. The van der Waals surface area contributed by atoms with Gasteiger partial charge in [-0.1, -0.05) is 18.2 Å². The standard InChI is InChI=1S/C14H13N3O2/c18-13(19)14(16-11-4-2-1-3-5-11)8-6-12-7-9-15-10-17(12)14/h1-9,16H,10H2,(H,18,19). The first kappa shape index (κ1) is 11.5. The zero-order chi connectivity index (χ0) is 13.3. The van der Waals surface area contributed by atoms with Gasteiger partial charge in [-0.15, -0.1) is 0 Å². The number of hydrogen-bond acceptors (Lipinski definition) is 4. The Bertz CT molecular complexity index is 592. The van der Waals surface area contributed by atoms with Crippen LogP contribution in [0.5, 0.6) is 0 Å². The van der Waals surface area contributed by atoms with Gasteiger partial charge in [0.2, 0.25) is 5.66 Å². The van der Waals surface area contributed by atoms with Crippen molar-refractivity contribution < 1.29 is 9.90 Å². The number of allylic oxidation sites excluding steroid dienone is 2. The van der Waals surface area contributed by atoms with Crippen molar-refractivity contribution in [2.45, 2.75) is 5.66 Å². The number of para-hydroxylation sites is 1. The maximum Gasteiger partial charge on any atom is 0.355 e. The second kappa shape index (κ2) is 4.28. The maximum atomic E-state index is 11.7. The zero-order valence-corrected chi connectivity index (χ0v) is 10.2. The molecular weight excluding hydrogens is 242 g/mol. The number of aliphatic imine (C=N–C) groups is 1. The van der Waals surface area contributed by atoms with Crippen molar-refractivity contribution >= 4 is 17.9 Å². The van der Waals surface area contributed by atoms with Crippen LogP contribution < -0.4 is 5.32 Å². The van der Waals surface area contributed by atoms with Crippen LogP contribution in [0.1, 0.15) is 0 Å². The number of aliphatic carboxylic acids is 1. The Labute approximate surface area is 110 Å². The molecule has 0 bridgehead atoms. The first-order valence-electron chi connectivity index (χ1n) is 5.96. The van der Waals surface area contributed by atoms with Gasteiger partial charge in [-0.25, -0.2) is 4.79 Å². The van der Waals surface area contributed by atoms with E-state index in [0.29, 0.717) is 6.67 Å². The molecule has 5 heteroatoms. The predicted octanol–water partition coefficient (Wildman–Crippen LogP) is 1.68. The van der Waals surface area contributed by atoms with Crippen molar-refractivity contribution in [1.29, 1.82) is 0 Å². The number of nitrogens with one attached hydrogen (secondary N) is 1. The monoisotopic (exact) mass is 255 g/mol. The Kier molecular flexibility index (Phi) is 2.59. The smallest absolute Gasteiger partial charge is 0.355 e. The topological polar surface area (TPSA) is 64.9 Å². The molecule has 96 valence electrons. The summed E-state index contributed by atoms with van der Waals surface area (Å²) in [6.07, 6.45) is 6.95. The van der Waals surface area contributed by atoms with Crippen LogP contribution in [0, 0.1) is 0 Å². The molecule has 5 nitrogen and oxygen atoms in total. The van der Waals surface area contributed by atoms with Gasteiger partial charge in [0.05, 0.1) is 0 Å². The predicted molar refractivity (Wildman–Crippen MR) is 72.9 cm³/mol. The summed E-state index contributed by atoms with van der Waals surface area (Å²) in [5.41, 5.74) is 0.330. The number of hydrogen-bond donors (Lipinski definition) is 2. The van der Waals surface area contributed by atoms with Crippen molar-refractivity contribution in [3.63, 3.8) is 0 Å². The molecule has 0 spiro atoms. The number of nitrogens with zero attached hydrogens (tertiary/aromatic N) is 2. The Morgan fingerprint density at radius 2 is 2.16 bits per heavy atom. The largest absolute Gasteiger partial charge is 0.478 e. The summed E-state index contributed by atoms with van der Waals surface area (Å²) < 4.78 is 0. The number of benzene rings is 1. The lowest BCUT2D eigenvalue weighted by Crippen LogP contribution is -2.56. The van der Waals surface area contributed by atoms with E-state index in [0.717, 1.165) is 11.4 Å². The molecular formula is C14H13N3O2. The van der Waals surface area contributed by atoms with Crippen molar-refractivity contribution in [3.8, 4) is 0 Å². The van der Waals surface area contributed by atoms with E-state index >= 15 is 0 Å². The summed E-state index contributed by atoms with van der Waals surface area (Å²) in [5.74, 6) is -0.951. The molecule has 0 fully saturated rings. The minimum absolute atomic E-state index is 0.324. The van der Waals surface area contributed by atoms with Gasteiger partial charge in [-0.05, 0) is 30.4 Å². The Hall–Kier alpha value is -2.56. The lowest BCUT2D eigenvalue weighted by molar-refractivity contribution is -0.145. The van der Waals surface area contributed by atoms with E-state index < -0.39 is 11.6 Å². The molecule has 2 heterocycles. The quantitative estimate of drug-likeness (QED) is 0.862. The normalized spacial score (nSPS) is 24.0. The number of carbonyl (C=O) groups is 1. The average molecular weight is 255 g/mol. The third-order valence-electron chi connectivity index (χ3n) is 3.24. The summed E-state index contributed by atoms with van der Waals surface area (Å²) in [4.78, 5) is 17.6. The van der Waals surface area contributed by atoms with E-state index in [1.54, 1.807) is 29.3 Å². The van der Waals surface area contributed by atoms with Gasteiger partial charge in [-0.3, -0.25) is 4.99 Å². The van der Waals surface area contributed by atoms with Crippen LogP contribution in [0.3, 0.4) is 0 Å². The summed E-state index contributed by atoms with van der Waals surface area (Å²) in [7, 11) is 0. The molecule has 1 atom stereocenters. The third-order valence-corrected chi connectivity index (χ3v) is 3.24. The number of anilines is 1. The van der Waals surface area contributed by atoms with Crippen LogP contribution in [0.2, 0.25) is 0 Å². The van der Waals surface area contributed by atoms with E-state index in [-0.39, 0.29) is 0 Å². The highest BCUT2D eigenvalue weighted by molar-refractivity contribution is 5.88. The van der Waals surface area contributed by atoms with Gasteiger partial charge in [0, 0.05) is 17.6 Å². The number of fused-ring (bicyclic) bond motifs is 1. The Balaban J connectivity index is 1.98. The molecule has 0 aromatic heterocycles. The highest BCUT2D eigenvalue weighted by Gasteiger charge is 2.46. The highest BCUT2D eigenvalue weighted by Crippen LogP contribution is 2.32. The number of rotatable bonds is 3. The molecule has 2 aliphatic heterocycles. The van der Waals surface area contributed by atoms with Crippen LogP contribution in [0.15, 0.2) is 59.2 Å². The molecule has 1 aromatic rings. The molecule has 2 N–H and O–H groups in total. The lowest BCUT2D eigenvalue weighted by Gasteiger charge is -2.37. The second-order valence-corrected chi connectivity index (χ2v) is 4.39. The number of carboxylic acids is 1. The zero-order valence-electron chi connectivity index (χ0n) is 10.2. The van der Waals surface area contributed by atoms with E-state index in [1.165, 1.54) is 0 Å². The molecule has 0 saturated carbocycles. The second-order valence-electron chi connectivity index (χ2n) is 4.39. The van der Waals surface area contributed by atoms with Gasteiger partial charge in [0.15, 0.2) is 0 Å². The van der Waals surface area contributed by atoms with Gasteiger partial charge < -0.3 is 15.3 Å². The summed E-state index contributed by atoms with van der Waals surface area (Å²) >= 11 is 0. The van der Waals surface area contributed by atoms with Crippen LogP contribution in [0.4, 0.5) is 5.69 Å². The molecule has 1 aromatic carbocycles. The molecule has 1 unspecified atom stereocenters. The first-order chi connectivity index (χ1) is 9.22. The third kappa shape index (κ3) is 1.79. The molecule has 3 rings (SSSR count). The van der Waals surface area contributed by atoms with Crippen molar-refractivity contribution in [2.24, 2.45) is 4.99 Å². The fourth-order valence-electron chi connectivity index (χ4n) is 2.28. The van der Waals surface area contributed by atoms with Gasteiger partial charge in [0.25, 0.3) is 0 Å². The molecule has 0 aliphatic carbocycles. The van der Waals surface area contributed by atoms with Crippen molar-refractivity contribution in [1.82, 2.24) is 4.90 Å². The Morgan fingerprint density at radius 3 is 2.89 bits per heavy atom. The SMILES string of the molecule is O=C(O)C1(Nc2ccccc2)C=CC2=CC=NCN21. The van der Waals surface area contributed by atoms with Gasteiger partial charge in [-0.2, -0.15) is 0 Å². The summed E-state index contributed by atoms with van der Waals surface area (Å²) in [6.45, 7) is 0.324. The summed E-state index contributed by atoms with van der Waals surface area (Å²) in [6, 6.07) is 9.30. The van der Waals surface area contributed by atoms with E-state index in [1.807, 2.05) is 30.3 Å². The van der Waals surface area contributed by atoms with Crippen LogP contribution in [-0.2, 0) is 4.79 Å². The fraction of sp³-hybridized carbons (Fsp3) is 0.143. The van der Waals surface area contributed by atoms with Gasteiger partial charge in [0.1, 0.15) is 6.67 Å². The van der Waals surface area contributed by atoms with E-state index in [9.17, 15) is 9.90 Å². The minimum atomic E-state index is -1.27. The first-order valence-corrected chi connectivity index (χ1v) is 5.96. The number of carboxylic acid groups (broad SMARTS) is 1. The molecule has 2 aliphatic rings. The molecule has 19 heavy (non-hydrogen) atoms. The van der Waals surface area contributed by atoms with Gasteiger partial charge >= 0.3 is 5.97 Å². The van der Waals surface area contributed by atoms with Crippen LogP contribution >= 0.6 is 0 Å². The molecule has 0 saturated heterocycles. The van der Waals surface area contributed by atoms with Crippen LogP contribution in [-0.4, -0.2) is 34.5 Å². The minimum Gasteiger partial charge on any atom is -0.478 e. The lowest BCUT2D eigenvalue weighted by atomic mass is 10.1. The van der Waals surface area contributed by atoms with E-state index in [4.69, 9.17) is 0 Å². The fourth-order valence-corrected chi connectivity index (χ4v) is 2.28. The highest BCUT2D eigenvalue weighted by atomic mass is 16.4. The summed E-state index contributed by atoms with van der Waals surface area (Å²) in [5, 5.41) is 12.7. The van der Waals surface area contributed by atoms with E-state index in [2.05, 4.69) is 10.3 Å².